The highest BCUT2D eigenvalue weighted by atomic mass is 16.6. The lowest BCUT2D eigenvalue weighted by atomic mass is 9.97. The Kier molecular flexibility index (Phi) is 5.16. The van der Waals surface area contributed by atoms with Gasteiger partial charge in [-0.05, 0) is 51.7 Å². The molecule has 0 saturated carbocycles. The number of carbonyl (C=O) groups is 1. The molecule has 1 aromatic heterocycles. The summed E-state index contributed by atoms with van der Waals surface area (Å²) < 4.78 is 11.2. The van der Waals surface area contributed by atoms with Crippen LogP contribution in [0.1, 0.15) is 39.2 Å². The molecule has 2 aromatic rings. The fraction of sp³-hybridized carbons (Fsp3) is 0.550. The predicted octanol–water partition coefficient (Wildman–Crippen LogP) is 3.11. The van der Waals surface area contributed by atoms with Gasteiger partial charge in [0.2, 0.25) is 0 Å². The zero-order valence-corrected chi connectivity index (χ0v) is 15.3. The van der Waals surface area contributed by atoms with Crippen molar-refractivity contribution in [2.45, 2.75) is 57.7 Å². The number of piperidine rings is 1. The van der Waals surface area contributed by atoms with E-state index in [4.69, 9.17) is 14.9 Å². The molecule has 1 aliphatic rings. The van der Waals surface area contributed by atoms with Gasteiger partial charge in [-0.2, -0.15) is 0 Å². The van der Waals surface area contributed by atoms with E-state index in [1.807, 2.05) is 45.2 Å². The predicted molar refractivity (Wildman–Crippen MR) is 98.3 cm³/mol. The van der Waals surface area contributed by atoms with Gasteiger partial charge < -0.3 is 14.9 Å². The highest BCUT2D eigenvalue weighted by Crippen LogP contribution is 2.24. The fourth-order valence-corrected chi connectivity index (χ4v) is 3.41. The lowest BCUT2D eigenvalue weighted by Gasteiger charge is -2.38. The van der Waals surface area contributed by atoms with Crippen LogP contribution >= 0.6 is 0 Å². The molecule has 2 N–H and O–H groups in total. The Morgan fingerprint density at radius 3 is 2.88 bits per heavy atom. The van der Waals surface area contributed by atoms with Crippen molar-refractivity contribution in [2.75, 3.05) is 13.1 Å². The number of ether oxygens (including phenoxy) is 1. The third-order valence-electron chi connectivity index (χ3n) is 4.66. The van der Waals surface area contributed by atoms with Gasteiger partial charge >= 0.3 is 5.97 Å². The van der Waals surface area contributed by atoms with E-state index < -0.39 is 5.60 Å². The fourth-order valence-electron chi connectivity index (χ4n) is 3.41. The molecule has 2 unspecified atom stereocenters. The topological polar surface area (TPSA) is 68.7 Å². The number of nitrogens with two attached hydrogens (primary N) is 1. The smallest absolute Gasteiger partial charge is 0.323 e. The van der Waals surface area contributed by atoms with E-state index in [9.17, 15) is 4.79 Å². The molecule has 0 spiro atoms. The molecule has 1 aliphatic heterocycles. The Bertz CT molecular complexity index is 732. The molecule has 5 nitrogen and oxygen atoms in total. The number of carbonyl (C=O) groups excluding carboxylic acids is 1. The summed E-state index contributed by atoms with van der Waals surface area (Å²) in [5.41, 5.74) is 7.70. The van der Waals surface area contributed by atoms with Gasteiger partial charge in [-0.25, -0.2) is 0 Å². The average molecular weight is 344 g/mol. The van der Waals surface area contributed by atoms with Crippen LogP contribution in [0.4, 0.5) is 0 Å². The minimum absolute atomic E-state index is 0.0588. The highest BCUT2D eigenvalue weighted by molar-refractivity contribution is 5.81. The standard InChI is InChI=1S/C20H28N2O3/c1-20(2,3)25-19(23)17-12-15(21)9-11-22(17)10-8-14-13-24-18-7-5-4-6-16(14)18/h4-7,13,15,17H,8-12,21H2,1-3H3. The van der Waals surface area contributed by atoms with Gasteiger partial charge in [-0.3, -0.25) is 9.69 Å². The lowest BCUT2D eigenvalue weighted by molar-refractivity contribution is -0.163. The SMILES string of the molecule is CC(C)(C)OC(=O)C1CC(N)CCN1CCc1coc2ccccc12. The number of fused-ring (bicyclic) bond motifs is 1. The van der Waals surface area contributed by atoms with Crippen molar-refractivity contribution < 1.29 is 13.9 Å². The molecule has 2 atom stereocenters. The van der Waals surface area contributed by atoms with Gasteiger partial charge in [0.15, 0.2) is 0 Å². The molecule has 0 radical (unpaired) electrons. The van der Waals surface area contributed by atoms with Crippen molar-refractivity contribution >= 4 is 16.9 Å². The van der Waals surface area contributed by atoms with Crippen LogP contribution in [0.5, 0.6) is 0 Å². The van der Waals surface area contributed by atoms with E-state index in [0.717, 1.165) is 36.9 Å². The molecule has 0 aliphatic carbocycles. The number of nitrogens with zero attached hydrogens (tertiary/aromatic N) is 1. The summed E-state index contributed by atoms with van der Waals surface area (Å²) in [7, 11) is 0. The van der Waals surface area contributed by atoms with Crippen LogP contribution in [0.2, 0.25) is 0 Å². The van der Waals surface area contributed by atoms with E-state index in [0.29, 0.717) is 6.42 Å². The number of hydrogen-bond acceptors (Lipinski definition) is 5. The third-order valence-corrected chi connectivity index (χ3v) is 4.66. The maximum Gasteiger partial charge on any atom is 0.323 e. The van der Waals surface area contributed by atoms with Crippen LogP contribution in [-0.2, 0) is 16.0 Å². The second-order valence-electron chi connectivity index (χ2n) is 7.88. The van der Waals surface area contributed by atoms with E-state index >= 15 is 0 Å². The number of para-hydroxylation sites is 1. The van der Waals surface area contributed by atoms with Gasteiger partial charge in [0, 0.05) is 24.5 Å². The second-order valence-corrected chi connectivity index (χ2v) is 7.88. The molecule has 136 valence electrons. The molecule has 1 aromatic carbocycles. The molecule has 1 saturated heterocycles. The van der Waals surface area contributed by atoms with Gasteiger partial charge in [0.05, 0.1) is 6.26 Å². The summed E-state index contributed by atoms with van der Waals surface area (Å²) >= 11 is 0. The normalized spacial score (nSPS) is 22.2. The van der Waals surface area contributed by atoms with Crippen molar-refractivity contribution in [1.29, 1.82) is 0 Å². The van der Waals surface area contributed by atoms with Crippen LogP contribution < -0.4 is 5.73 Å². The quantitative estimate of drug-likeness (QED) is 0.863. The summed E-state index contributed by atoms with van der Waals surface area (Å²) in [4.78, 5) is 14.8. The Morgan fingerprint density at radius 1 is 1.36 bits per heavy atom. The Labute approximate surface area is 149 Å². The number of hydrogen-bond donors (Lipinski definition) is 1. The third kappa shape index (κ3) is 4.41. The molecule has 5 heteroatoms. The number of furan rings is 1. The molecule has 0 amide bonds. The first kappa shape index (κ1) is 18.0. The number of esters is 1. The lowest BCUT2D eigenvalue weighted by Crippen LogP contribution is -2.52. The minimum Gasteiger partial charge on any atom is -0.464 e. The van der Waals surface area contributed by atoms with Crippen molar-refractivity contribution in [3.05, 3.63) is 36.1 Å². The van der Waals surface area contributed by atoms with Crippen molar-refractivity contribution in [3.8, 4) is 0 Å². The summed E-state index contributed by atoms with van der Waals surface area (Å²) in [6, 6.07) is 7.84. The first-order chi connectivity index (χ1) is 11.8. The van der Waals surface area contributed by atoms with Crippen molar-refractivity contribution in [1.82, 2.24) is 4.90 Å². The van der Waals surface area contributed by atoms with Crippen LogP contribution in [-0.4, -0.2) is 41.6 Å². The van der Waals surface area contributed by atoms with Crippen LogP contribution in [0.15, 0.2) is 34.9 Å². The summed E-state index contributed by atoms with van der Waals surface area (Å²) in [5, 5.41) is 1.14. The molecule has 25 heavy (non-hydrogen) atoms. The molecular formula is C20H28N2O3. The average Bonchev–Trinajstić information content (AvgIpc) is 2.95. The molecule has 1 fully saturated rings. The van der Waals surface area contributed by atoms with Crippen LogP contribution in [0.3, 0.4) is 0 Å². The maximum absolute atomic E-state index is 12.6. The van der Waals surface area contributed by atoms with Gasteiger partial charge in [-0.1, -0.05) is 18.2 Å². The second kappa shape index (κ2) is 7.18. The van der Waals surface area contributed by atoms with E-state index in [1.54, 1.807) is 0 Å². The van der Waals surface area contributed by atoms with Gasteiger partial charge in [0.25, 0.3) is 0 Å². The van der Waals surface area contributed by atoms with Crippen LogP contribution in [0, 0.1) is 0 Å². The Morgan fingerprint density at radius 2 is 2.12 bits per heavy atom. The zero-order valence-electron chi connectivity index (χ0n) is 15.3. The summed E-state index contributed by atoms with van der Waals surface area (Å²) in [6.07, 6.45) is 4.22. The molecule has 3 rings (SSSR count). The van der Waals surface area contributed by atoms with E-state index in [-0.39, 0.29) is 18.1 Å². The highest BCUT2D eigenvalue weighted by Gasteiger charge is 2.34. The molecule has 2 heterocycles. The Hall–Kier alpha value is -1.85. The van der Waals surface area contributed by atoms with E-state index in [2.05, 4.69) is 11.0 Å². The zero-order chi connectivity index (χ0) is 18.0. The Balaban J connectivity index is 1.69. The number of benzene rings is 1. The van der Waals surface area contributed by atoms with Crippen molar-refractivity contribution in [3.63, 3.8) is 0 Å². The van der Waals surface area contributed by atoms with Gasteiger partial charge in [-0.15, -0.1) is 0 Å². The summed E-state index contributed by atoms with van der Waals surface area (Å²) in [5.74, 6) is -0.167. The van der Waals surface area contributed by atoms with Crippen molar-refractivity contribution in [2.24, 2.45) is 5.73 Å². The maximum atomic E-state index is 12.6. The van der Waals surface area contributed by atoms with Crippen LogP contribution in [0.25, 0.3) is 11.0 Å². The first-order valence-corrected chi connectivity index (χ1v) is 9.01. The summed E-state index contributed by atoms with van der Waals surface area (Å²) in [6.45, 7) is 7.31. The van der Waals surface area contributed by atoms with Gasteiger partial charge in [0.1, 0.15) is 17.2 Å². The van der Waals surface area contributed by atoms with E-state index in [1.165, 1.54) is 5.56 Å². The first-order valence-electron chi connectivity index (χ1n) is 9.01. The minimum atomic E-state index is -0.481. The molecule has 0 bridgehead atoms. The largest absolute Gasteiger partial charge is 0.464 e. The number of likely N-dealkylation sites (tertiary alicyclic amines) is 1. The molecular weight excluding hydrogens is 316 g/mol. The number of rotatable bonds is 4. The monoisotopic (exact) mass is 344 g/mol.